The molecule has 82 valence electrons. The second-order valence-electron chi connectivity index (χ2n) is 3.70. The van der Waals surface area contributed by atoms with Gasteiger partial charge < -0.3 is 9.84 Å². The van der Waals surface area contributed by atoms with Gasteiger partial charge in [-0.25, -0.2) is 0 Å². The summed E-state index contributed by atoms with van der Waals surface area (Å²) in [5.41, 5.74) is 2.90. The van der Waals surface area contributed by atoms with Crippen molar-refractivity contribution in [1.82, 2.24) is 0 Å². The zero-order valence-electron chi connectivity index (χ0n) is 9.40. The summed E-state index contributed by atoms with van der Waals surface area (Å²) >= 11 is 0. The summed E-state index contributed by atoms with van der Waals surface area (Å²) < 4.78 is 5.20. The highest BCUT2D eigenvalue weighted by Gasteiger charge is 2.05. The molecule has 0 saturated heterocycles. The monoisotopic (exact) mass is 214 g/mol. The van der Waals surface area contributed by atoms with Gasteiger partial charge in [0, 0.05) is 5.56 Å². The lowest BCUT2D eigenvalue weighted by Crippen LogP contribution is -1.87. The zero-order chi connectivity index (χ0) is 11.5. The molecule has 1 N–H and O–H groups in total. The number of hydrogen-bond donors (Lipinski definition) is 1. The van der Waals surface area contributed by atoms with Crippen LogP contribution in [0.4, 0.5) is 0 Å². The third kappa shape index (κ3) is 1.87. The van der Waals surface area contributed by atoms with Crippen molar-refractivity contribution in [1.29, 1.82) is 0 Å². The van der Waals surface area contributed by atoms with Crippen molar-refractivity contribution in [2.45, 2.75) is 6.92 Å². The summed E-state index contributed by atoms with van der Waals surface area (Å²) in [5, 5.41) is 9.75. The molecule has 0 aliphatic rings. The Balaban J connectivity index is 2.50. The lowest BCUT2D eigenvalue weighted by Gasteiger charge is -2.08. The van der Waals surface area contributed by atoms with Gasteiger partial charge in [0.1, 0.15) is 11.5 Å². The van der Waals surface area contributed by atoms with Crippen molar-refractivity contribution in [3.05, 3.63) is 48.0 Å². The average Bonchev–Trinajstić information content (AvgIpc) is 2.29. The van der Waals surface area contributed by atoms with Gasteiger partial charge in [-0.15, -0.1) is 0 Å². The van der Waals surface area contributed by atoms with E-state index in [-0.39, 0.29) is 0 Å². The lowest BCUT2D eigenvalue weighted by molar-refractivity contribution is 0.412. The van der Waals surface area contributed by atoms with E-state index in [0.717, 1.165) is 22.4 Å². The SMILES string of the molecule is COc1ccc(-c2ccccc2O)cc1C. The summed E-state index contributed by atoms with van der Waals surface area (Å²) in [5.74, 6) is 1.16. The second kappa shape index (κ2) is 4.27. The summed E-state index contributed by atoms with van der Waals surface area (Å²) in [4.78, 5) is 0. The van der Waals surface area contributed by atoms with E-state index in [9.17, 15) is 5.11 Å². The summed E-state index contributed by atoms with van der Waals surface area (Å²) in [7, 11) is 1.65. The van der Waals surface area contributed by atoms with Gasteiger partial charge in [0.25, 0.3) is 0 Å². The maximum Gasteiger partial charge on any atom is 0.123 e. The Kier molecular flexibility index (Phi) is 2.82. The van der Waals surface area contributed by atoms with E-state index < -0.39 is 0 Å². The van der Waals surface area contributed by atoms with Gasteiger partial charge in [0.05, 0.1) is 7.11 Å². The Morgan fingerprint density at radius 3 is 2.44 bits per heavy atom. The van der Waals surface area contributed by atoms with E-state index in [4.69, 9.17) is 4.74 Å². The highest BCUT2D eigenvalue weighted by molar-refractivity contribution is 5.71. The van der Waals surface area contributed by atoms with Gasteiger partial charge in [0.2, 0.25) is 0 Å². The molecule has 0 atom stereocenters. The molecule has 0 bridgehead atoms. The van der Waals surface area contributed by atoms with Crippen LogP contribution >= 0.6 is 0 Å². The van der Waals surface area contributed by atoms with Crippen LogP contribution in [0.2, 0.25) is 0 Å². The van der Waals surface area contributed by atoms with Gasteiger partial charge in [-0.2, -0.15) is 0 Å². The highest BCUT2D eigenvalue weighted by Crippen LogP contribution is 2.31. The van der Waals surface area contributed by atoms with Crippen molar-refractivity contribution < 1.29 is 9.84 Å². The minimum absolute atomic E-state index is 0.298. The number of methoxy groups -OCH3 is 1. The molecular weight excluding hydrogens is 200 g/mol. The standard InChI is InChI=1S/C14H14O2/c1-10-9-11(7-8-14(10)16-2)12-5-3-4-6-13(12)15/h3-9,15H,1-2H3. The first-order valence-corrected chi connectivity index (χ1v) is 5.15. The van der Waals surface area contributed by atoms with Crippen LogP contribution in [-0.2, 0) is 0 Å². The van der Waals surface area contributed by atoms with Crippen molar-refractivity contribution in [2.24, 2.45) is 0 Å². The van der Waals surface area contributed by atoms with E-state index in [0.29, 0.717) is 5.75 Å². The van der Waals surface area contributed by atoms with E-state index in [2.05, 4.69) is 0 Å². The fraction of sp³-hybridized carbons (Fsp3) is 0.143. The molecule has 0 aromatic heterocycles. The van der Waals surface area contributed by atoms with Crippen molar-refractivity contribution in [3.63, 3.8) is 0 Å². The van der Waals surface area contributed by atoms with Crippen LogP contribution in [0.5, 0.6) is 11.5 Å². The molecule has 0 spiro atoms. The number of aromatic hydroxyl groups is 1. The third-order valence-corrected chi connectivity index (χ3v) is 2.61. The van der Waals surface area contributed by atoms with E-state index in [1.165, 1.54) is 0 Å². The Hall–Kier alpha value is -1.96. The molecule has 2 aromatic rings. The Bertz CT molecular complexity index is 504. The van der Waals surface area contributed by atoms with Crippen LogP contribution in [-0.4, -0.2) is 12.2 Å². The largest absolute Gasteiger partial charge is 0.507 e. The molecule has 0 amide bonds. The number of aryl methyl sites for hydroxylation is 1. The number of hydrogen-bond acceptors (Lipinski definition) is 2. The summed E-state index contributed by atoms with van der Waals surface area (Å²) in [6.07, 6.45) is 0. The molecule has 0 aliphatic heterocycles. The lowest BCUT2D eigenvalue weighted by atomic mass is 10.0. The average molecular weight is 214 g/mol. The van der Waals surface area contributed by atoms with E-state index >= 15 is 0 Å². The van der Waals surface area contributed by atoms with Crippen LogP contribution in [0.3, 0.4) is 0 Å². The van der Waals surface area contributed by atoms with Crippen LogP contribution < -0.4 is 4.74 Å². The Labute approximate surface area is 95.1 Å². The molecular formula is C14H14O2. The van der Waals surface area contributed by atoms with Crippen molar-refractivity contribution in [3.8, 4) is 22.6 Å². The van der Waals surface area contributed by atoms with Crippen molar-refractivity contribution in [2.75, 3.05) is 7.11 Å². The number of para-hydroxylation sites is 1. The molecule has 0 heterocycles. The number of ether oxygens (including phenoxy) is 1. The van der Waals surface area contributed by atoms with Gasteiger partial charge in [-0.1, -0.05) is 24.3 Å². The van der Waals surface area contributed by atoms with Crippen LogP contribution in [0, 0.1) is 6.92 Å². The topological polar surface area (TPSA) is 29.5 Å². The van der Waals surface area contributed by atoms with Crippen LogP contribution in [0.15, 0.2) is 42.5 Å². The highest BCUT2D eigenvalue weighted by atomic mass is 16.5. The molecule has 2 aromatic carbocycles. The maximum absolute atomic E-state index is 9.75. The quantitative estimate of drug-likeness (QED) is 0.830. The van der Waals surface area contributed by atoms with Crippen molar-refractivity contribution >= 4 is 0 Å². The normalized spacial score (nSPS) is 10.1. The fourth-order valence-corrected chi connectivity index (χ4v) is 1.76. The second-order valence-corrected chi connectivity index (χ2v) is 3.70. The minimum atomic E-state index is 0.298. The molecule has 0 radical (unpaired) electrons. The summed E-state index contributed by atoms with van der Waals surface area (Å²) in [6, 6.07) is 13.2. The molecule has 0 saturated carbocycles. The number of rotatable bonds is 2. The molecule has 2 heteroatoms. The predicted octanol–water partition coefficient (Wildman–Crippen LogP) is 3.38. The van der Waals surface area contributed by atoms with Gasteiger partial charge in [0.15, 0.2) is 0 Å². The minimum Gasteiger partial charge on any atom is -0.507 e. The first-order valence-electron chi connectivity index (χ1n) is 5.15. The first kappa shape index (κ1) is 10.6. The van der Waals surface area contributed by atoms with Gasteiger partial charge in [-0.3, -0.25) is 0 Å². The van der Waals surface area contributed by atoms with E-state index in [1.54, 1.807) is 13.2 Å². The number of phenolic OH excluding ortho intramolecular Hbond substituents is 1. The number of benzene rings is 2. The van der Waals surface area contributed by atoms with Crippen LogP contribution in [0.25, 0.3) is 11.1 Å². The molecule has 0 fully saturated rings. The fourth-order valence-electron chi connectivity index (χ4n) is 1.76. The van der Waals surface area contributed by atoms with E-state index in [1.807, 2.05) is 43.3 Å². The molecule has 0 aliphatic carbocycles. The zero-order valence-corrected chi connectivity index (χ0v) is 9.40. The first-order chi connectivity index (χ1) is 7.72. The smallest absolute Gasteiger partial charge is 0.123 e. The molecule has 0 unspecified atom stereocenters. The number of phenols is 1. The molecule has 16 heavy (non-hydrogen) atoms. The molecule has 2 rings (SSSR count). The van der Waals surface area contributed by atoms with Crippen LogP contribution in [0.1, 0.15) is 5.56 Å². The van der Waals surface area contributed by atoms with Gasteiger partial charge in [-0.05, 0) is 36.2 Å². The molecule has 2 nitrogen and oxygen atoms in total. The Morgan fingerprint density at radius 1 is 1.06 bits per heavy atom. The third-order valence-electron chi connectivity index (χ3n) is 2.61. The maximum atomic E-state index is 9.75. The van der Waals surface area contributed by atoms with Gasteiger partial charge >= 0.3 is 0 Å². The Morgan fingerprint density at radius 2 is 1.81 bits per heavy atom. The predicted molar refractivity (Wildman–Crippen MR) is 64.8 cm³/mol. The summed E-state index contributed by atoms with van der Waals surface area (Å²) in [6.45, 7) is 1.99.